The summed E-state index contributed by atoms with van der Waals surface area (Å²) in [5.41, 5.74) is 0.558. The molecule has 0 aliphatic carbocycles. The number of nitrogens with one attached hydrogen (secondary N) is 2. The van der Waals surface area contributed by atoms with Crippen LogP contribution in [0.5, 0.6) is 0 Å². The second-order valence-corrected chi connectivity index (χ2v) is 5.61. The quantitative estimate of drug-likeness (QED) is 0.833. The fraction of sp³-hybridized carbons (Fsp3) is 0.438. The Kier molecular flexibility index (Phi) is 5.14. The summed E-state index contributed by atoms with van der Waals surface area (Å²) >= 11 is 0. The van der Waals surface area contributed by atoms with E-state index < -0.39 is 6.04 Å². The Morgan fingerprint density at radius 2 is 2.00 bits per heavy atom. The number of hydrogen-bond donors (Lipinski definition) is 2. The van der Waals surface area contributed by atoms with Gasteiger partial charge in [0.1, 0.15) is 6.04 Å². The lowest BCUT2D eigenvalue weighted by molar-refractivity contribution is -0.131. The molecule has 0 aromatic heterocycles. The van der Waals surface area contributed by atoms with Gasteiger partial charge in [-0.25, -0.2) is 0 Å². The van der Waals surface area contributed by atoms with Gasteiger partial charge in [0.05, 0.1) is 0 Å². The summed E-state index contributed by atoms with van der Waals surface area (Å²) in [6.07, 6.45) is 0.776. The molecule has 0 radical (unpaired) electrons. The minimum atomic E-state index is -0.436. The fourth-order valence-corrected chi connectivity index (χ4v) is 2.44. The van der Waals surface area contributed by atoms with Gasteiger partial charge in [0.2, 0.25) is 11.8 Å². The maximum atomic E-state index is 12.0. The minimum absolute atomic E-state index is 0.0608. The van der Waals surface area contributed by atoms with Gasteiger partial charge >= 0.3 is 0 Å². The van der Waals surface area contributed by atoms with Crippen LogP contribution in [0, 0.1) is 0 Å². The molecule has 0 bridgehead atoms. The average Bonchev–Trinajstić information content (AvgIpc) is 2.80. The van der Waals surface area contributed by atoms with Crippen molar-refractivity contribution in [2.75, 3.05) is 13.6 Å². The first kappa shape index (κ1) is 16.0. The van der Waals surface area contributed by atoms with Crippen LogP contribution >= 0.6 is 0 Å². The second-order valence-electron chi connectivity index (χ2n) is 5.61. The minimum Gasteiger partial charge on any atom is -0.349 e. The first-order valence-corrected chi connectivity index (χ1v) is 7.37. The molecule has 118 valence electrons. The Balaban J connectivity index is 1.79. The van der Waals surface area contributed by atoms with Crippen molar-refractivity contribution in [1.29, 1.82) is 0 Å². The zero-order valence-corrected chi connectivity index (χ0v) is 12.8. The number of hydrogen-bond acceptors (Lipinski definition) is 3. The van der Waals surface area contributed by atoms with Crippen molar-refractivity contribution in [2.24, 2.45) is 0 Å². The largest absolute Gasteiger partial charge is 0.349 e. The highest BCUT2D eigenvalue weighted by molar-refractivity contribution is 5.94. The van der Waals surface area contributed by atoms with Gasteiger partial charge in [0.25, 0.3) is 5.91 Å². The highest BCUT2D eigenvalue weighted by Crippen LogP contribution is 2.09. The van der Waals surface area contributed by atoms with Gasteiger partial charge in [-0.15, -0.1) is 0 Å². The lowest BCUT2D eigenvalue weighted by Crippen LogP contribution is -2.43. The van der Waals surface area contributed by atoms with Crippen molar-refractivity contribution < 1.29 is 14.4 Å². The van der Waals surface area contributed by atoms with Crippen molar-refractivity contribution in [3.8, 4) is 0 Å². The normalized spacial score (nSPS) is 18.9. The van der Waals surface area contributed by atoms with E-state index in [0.29, 0.717) is 18.5 Å². The van der Waals surface area contributed by atoms with Gasteiger partial charge in [-0.3, -0.25) is 14.4 Å². The lowest BCUT2D eigenvalue weighted by atomic mass is 10.1. The van der Waals surface area contributed by atoms with E-state index >= 15 is 0 Å². The molecule has 1 heterocycles. The van der Waals surface area contributed by atoms with Gasteiger partial charge in [-0.2, -0.15) is 0 Å². The van der Waals surface area contributed by atoms with E-state index in [9.17, 15) is 14.4 Å². The predicted octanol–water partition coefficient (Wildman–Crippen LogP) is 0.542. The van der Waals surface area contributed by atoms with E-state index in [4.69, 9.17) is 0 Å². The maximum absolute atomic E-state index is 12.0. The number of nitrogens with zero attached hydrogens (tertiary/aromatic N) is 1. The van der Waals surface area contributed by atoms with E-state index in [0.717, 1.165) is 0 Å². The topological polar surface area (TPSA) is 78.5 Å². The van der Waals surface area contributed by atoms with Crippen molar-refractivity contribution in [3.63, 3.8) is 0 Å². The van der Waals surface area contributed by atoms with Crippen LogP contribution in [0.4, 0.5) is 0 Å². The molecular weight excluding hydrogens is 282 g/mol. The van der Waals surface area contributed by atoms with E-state index in [1.165, 1.54) is 0 Å². The lowest BCUT2D eigenvalue weighted by Gasteiger charge is -2.16. The second kappa shape index (κ2) is 7.06. The molecule has 22 heavy (non-hydrogen) atoms. The van der Waals surface area contributed by atoms with Crippen LogP contribution in [0.1, 0.15) is 30.1 Å². The first-order chi connectivity index (χ1) is 10.5. The number of likely N-dealkylation sites (N-methyl/N-ethyl adjacent to an activating group) is 1. The zero-order chi connectivity index (χ0) is 16.1. The van der Waals surface area contributed by atoms with E-state index in [1.807, 2.05) is 6.07 Å². The Hall–Kier alpha value is -2.37. The van der Waals surface area contributed by atoms with Gasteiger partial charge in [0, 0.05) is 31.6 Å². The zero-order valence-electron chi connectivity index (χ0n) is 12.8. The molecule has 1 aromatic rings. The third kappa shape index (κ3) is 4.07. The molecule has 0 saturated carbocycles. The summed E-state index contributed by atoms with van der Waals surface area (Å²) in [5, 5.41) is 5.50. The van der Waals surface area contributed by atoms with E-state index in [1.54, 1.807) is 43.1 Å². The van der Waals surface area contributed by atoms with Crippen LogP contribution in [0.15, 0.2) is 30.3 Å². The van der Waals surface area contributed by atoms with Crippen LogP contribution in [0.2, 0.25) is 0 Å². The third-order valence-corrected chi connectivity index (χ3v) is 3.67. The average molecular weight is 303 g/mol. The third-order valence-electron chi connectivity index (χ3n) is 3.67. The number of rotatable bonds is 5. The molecule has 1 aromatic carbocycles. The van der Waals surface area contributed by atoms with Crippen LogP contribution in [-0.2, 0) is 9.59 Å². The van der Waals surface area contributed by atoms with Gasteiger partial charge < -0.3 is 15.5 Å². The number of carbonyl (C=O) groups excluding carboxylic acids is 3. The van der Waals surface area contributed by atoms with Crippen molar-refractivity contribution in [3.05, 3.63) is 35.9 Å². The Bertz CT molecular complexity index is 559. The Morgan fingerprint density at radius 1 is 1.32 bits per heavy atom. The summed E-state index contributed by atoms with van der Waals surface area (Å²) in [6, 6.07) is 8.10. The Labute approximate surface area is 129 Å². The summed E-state index contributed by atoms with van der Waals surface area (Å²) < 4.78 is 0. The number of amides is 3. The standard InChI is InChI=1S/C16H21N3O3/c1-11(17-15(21)12-6-4-3-5-7-12)10-14(20)18-13-8-9-19(2)16(13)22/h3-7,11,13H,8-10H2,1-2H3,(H,17,21)(H,18,20). The molecule has 2 atom stereocenters. The van der Waals surface area contributed by atoms with Crippen LogP contribution in [0.3, 0.4) is 0 Å². The number of likely N-dealkylation sites (tertiary alicyclic amines) is 1. The number of benzene rings is 1. The van der Waals surface area contributed by atoms with E-state index in [-0.39, 0.29) is 30.2 Å². The maximum Gasteiger partial charge on any atom is 0.251 e. The van der Waals surface area contributed by atoms with Crippen LogP contribution < -0.4 is 10.6 Å². The molecule has 1 saturated heterocycles. The van der Waals surface area contributed by atoms with Crippen LogP contribution in [0.25, 0.3) is 0 Å². The molecular formula is C16H21N3O3. The molecule has 1 aliphatic heterocycles. The van der Waals surface area contributed by atoms with Gasteiger partial charge in [-0.05, 0) is 25.5 Å². The van der Waals surface area contributed by atoms with Gasteiger partial charge in [-0.1, -0.05) is 18.2 Å². The molecule has 2 rings (SSSR count). The van der Waals surface area contributed by atoms with Crippen molar-refractivity contribution in [1.82, 2.24) is 15.5 Å². The molecule has 2 N–H and O–H groups in total. The number of carbonyl (C=O) groups is 3. The molecule has 1 aliphatic rings. The molecule has 6 heteroatoms. The Morgan fingerprint density at radius 3 is 2.59 bits per heavy atom. The molecule has 2 unspecified atom stereocenters. The SMILES string of the molecule is CC(CC(=O)NC1CCN(C)C1=O)NC(=O)c1ccccc1. The summed E-state index contributed by atoms with van der Waals surface area (Å²) in [5.74, 6) is -0.499. The highest BCUT2D eigenvalue weighted by Gasteiger charge is 2.30. The highest BCUT2D eigenvalue weighted by atomic mass is 16.2. The summed E-state index contributed by atoms with van der Waals surface area (Å²) in [6.45, 7) is 2.42. The van der Waals surface area contributed by atoms with Gasteiger partial charge in [0.15, 0.2) is 0 Å². The fourth-order valence-electron chi connectivity index (χ4n) is 2.44. The van der Waals surface area contributed by atoms with Crippen LogP contribution in [-0.4, -0.2) is 48.3 Å². The first-order valence-electron chi connectivity index (χ1n) is 7.37. The molecule has 6 nitrogen and oxygen atoms in total. The summed E-state index contributed by atoms with van der Waals surface area (Å²) in [7, 11) is 1.72. The van der Waals surface area contributed by atoms with Crippen molar-refractivity contribution >= 4 is 17.7 Å². The summed E-state index contributed by atoms with van der Waals surface area (Å²) in [4.78, 5) is 37.3. The van der Waals surface area contributed by atoms with E-state index in [2.05, 4.69) is 10.6 Å². The molecule has 3 amide bonds. The smallest absolute Gasteiger partial charge is 0.251 e. The monoisotopic (exact) mass is 303 g/mol. The van der Waals surface area contributed by atoms with Crippen molar-refractivity contribution in [2.45, 2.75) is 31.8 Å². The molecule has 1 fully saturated rings. The molecule has 0 spiro atoms. The predicted molar refractivity (Wildman–Crippen MR) is 82.2 cm³/mol.